The second-order valence-electron chi connectivity index (χ2n) is 3.18. The summed E-state index contributed by atoms with van der Waals surface area (Å²) in [5.74, 6) is 0.928. The number of rotatable bonds is 4. The molecule has 0 aromatic carbocycles. The van der Waals surface area contributed by atoms with E-state index >= 15 is 0 Å². The van der Waals surface area contributed by atoms with Crippen molar-refractivity contribution in [3.63, 3.8) is 0 Å². The molecule has 2 aromatic heterocycles. The Kier molecular flexibility index (Phi) is 3.41. The van der Waals surface area contributed by atoms with Crippen LogP contribution in [0.5, 0.6) is 0 Å². The number of likely N-dealkylation sites (N-methyl/N-ethyl adjacent to an activating group) is 1. The molecule has 80 valence electrons. The minimum atomic E-state index is 0.628. The third-order valence-electron chi connectivity index (χ3n) is 2.08. The van der Waals surface area contributed by atoms with E-state index in [2.05, 4.69) is 15.3 Å². The predicted octanol–water partition coefficient (Wildman–Crippen LogP) is 2.55. The number of thiophene rings is 1. The van der Waals surface area contributed by atoms with Gasteiger partial charge >= 0.3 is 0 Å². The van der Waals surface area contributed by atoms with Crippen molar-refractivity contribution in [2.45, 2.75) is 6.42 Å². The summed E-state index contributed by atoms with van der Waals surface area (Å²) in [6, 6.07) is 4.02. The Hall–Kier alpha value is -0.840. The maximum absolute atomic E-state index is 6.08. The van der Waals surface area contributed by atoms with Crippen LogP contribution in [0.25, 0.3) is 10.6 Å². The van der Waals surface area contributed by atoms with Gasteiger partial charge in [0.15, 0.2) is 0 Å². The van der Waals surface area contributed by atoms with Gasteiger partial charge in [-0.25, -0.2) is 4.98 Å². The summed E-state index contributed by atoms with van der Waals surface area (Å²) in [5.41, 5.74) is 0.859. The van der Waals surface area contributed by atoms with Crippen LogP contribution in [0.3, 0.4) is 0 Å². The highest BCUT2D eigenvalue weighted by atomic mass is 35.5. The smallest absolute Gasteiger partial charge is 0.135 e. The van der Waals surface area contributed by atoms with Crippen LogP contribution in [0.2, 0.25) is 5.15 Å². The highest BCUT2D eigenvalue weighted by Gasteiger charge is 2.10. The van der Waals surface area contributed by atoms with Gasteiger partial charge in [0.2, 0.25) is 0 Å². The Labute approximate surface area is 97.5 Å². The maximum atomic E-state index is 6.08. The summed E-state index contributed by atoms with van der Waals surface area (Å²) < 4.78 is 0. The standard InChI is InChI=1S/C10H12ClN3S/c1-12-5-4-8-13-9(10(11)14-8)7-3-2-6-15-7/h2-3,6,12H,4-5H2,1H3,(H,13,14). The van der Waals surface area contributed by atoms with Gasteiger partial charge in [-0.05, 0) is 18.5 Å². The minimum absolute atomic E-state index is 0.628. The molecule has 0 aliphatic rings. The number of aromatic nitrogens is 2. The van der Waals surface area contributed by atoms with Crippen molar-refractivity contribution in [2.24, 2.45) is 0 Å². The van der Waals surface area contributed by atoms with Crippen molar-refractivity contribution in [3.8, 4) is 10.6 Å². The molecule has 2 rings (SSSR count). The Morgan fingerprint density at radius 3 is 3.13 bits per heavy atom. The van der Waals surface area contributed by atoms with Gasteiger partial charge in [0.05, 0.1) is 4.88 Å². The van der Waals surface area contributed by atoms with E-state index < -0.39 is 0 Å². The highest BCUT2D eigenvalue weighted by molar-refractivity contribution is 7.13. The minimum Gasteiger partial charge on any atom is -0.332 e. The lowest BCUT2D eigenvalue weighted by Gasteiger charge is -1.93. The summed E-state index contributed by atoms with van der Waals surface area (Å²) in [7, 11) is 1.92. The molecule has 0 fully saturated rings. The van der Waals surface area contributed by atoms with E-state index in [0.717, 1.165) is 29.4 Å². The second-order valence-corrected chi connectivity index (χ2v) is 4.50. The third kappa shape index (κ3) is 2.40. The fourth-order valence-electron chi connectivity index (χ4n) is 1.34. The van der Waals surface area contributed by atoms with E-state index in [0.29, 0.717) is 5.15 Å². The van der Waals surface area contributed by atoms with Gasteiger partial charge in [0.1, 0.15) is 16.7 Å². The monoisotopic (exact) mass is 241 g/mol. The molecule has 0 atom stereocenters. The van der Waals surface area contributed by atoms with E-state index in [1.54, 1.807) is 11.3 Å². The van der Waals surface area contributed by atoms with Crippen molar-refractivity contribution in [1.82, 2.24) is 15.3 Å². The number of nitrogens with one attached hydrogen (secondary N) is 2. The van der Waals surface area contributed by atoms with Crippen LogP contribution in [0.1, 0.15) is 5.82 Å². The van der Waals surface area contributed by atoms with Gasteiger partial charge in [-0.2, -0.15) is 0 Å². The third-order valence-corrected chi connectivity index (χ3v) is 3.23. The molecule has 5 heteroatoms. The van der Waals surface area contributed by atoms with E-state index in [1.807, 2.05) is 24.6 Å². The molecule has 0 unspecified atom stereocenters. The summed E-state index contributed by atoms with van der Waals surface area (Å²) in [4.78, 5) is 8.67. The van der Waals surface area contributed by atoms with Crippen LogP contribution < -0.4 is 5.32 Å². The molecule has 2 aromatic rings. The molecule has 2 N–H and O–H groups in total. The lowest BCUT2D eigenvalue weighted by atomic mass is 10.4. The molecule has 0 saturated carbocycles. The fraction of sp³-hybridized carbons (Fsp3) is 0.300. The lowest BCUT2D eigenvalue weighted by Crippen LogP contribution is -2.11. The largest absolute Gasteiger partial charge is 0.332 e. The summed E-state index contributed by atoms with van der Waals surface area (Å²) >= 11 is 7.73. The van der Waals surface area contributed by atoms with Crippen molar-refractivity contribution in [1.29, 1.82) is 0 Å². The summed E-state index contributed by atoms with van der Waals surface area (Å²) in [6.45, 7) is 0.897. The van der Waals surface area contributed by atoms with Gasteiger partial charge in [-0.1, -0.05) is 17.7 Å². The van der Waals surface area contributed by atoms with Gasteiger partial charge in [-0.15, -0.1) is 11.3 Å². The van der Waals surface area contributed by atoms with Crippen LogP contribution in [-0.4, -0.2) is 23.6 Å². The van der Waals surface area contributed by atoms with Crippen molar-refractivity contribution < 1.29 is 0 Å². The molecule has 0 radical (unpaired) electrons. The summed E-state index contributed by atoms with van der Waals surface area (Å²) in [6.07, 6.45) is 0.863. The zero-order valence-corrected chi connectivity index (χ0v) is 9.95. The van der Waals surface area contributed by atoms with Gasteiger partial charge in [0, 0.05) is 13.0 Å². The van der Waals surface area contributed by atoms with Crippen LogP contribution in [0.15, 0.2) is 17.5 Å². The second kappa shape index (κ2) is 4.79. The molecule has 0 bridgehead atoms. The van der Waals surface area contributed by atoms with Crippen LogP contribution >= 0.6 is 22.9 Å². The molecule has 0 aliphatic carbocycles. The highest BCUT2D eigenvalue weighted by Crippen LogP contribution is 2.29. The quantitative estimate of drug-likeness (QED) is 0.864. The lowest BCUT2D eigenvalue weighted by molar-refractivity contribution is 0.764. The first-order valence-corrected chi connectivity index (χ1v) is 6.00. The fourth-order valence-corrected chi connectivity index (χ4v) is 2.37. The summed E-state index contributed by atoms with van der Waals surface area (Å²) in [5, 5.41) is 5.73. The van der Waals surface area contributed by atoms with E-state index in [9.17, 15) is 0 Å². The van der Waals surface area contributed by atoms with Crippen LogP contribution in [0, 0.1) is 0 Å². The van der Waals surface area contributed by atoms with Gasteiger partial charge in [-0.3, -0.25) is 0 Å². The molecule has 0 spiro atoms. The average Bonchev–Trinajstić information content (AvgIpc) is 2.83. The molecule has 0 saturated heterocycles. The molecular weight excluding hydrogens is 230 g/mol. The zero-order chi connectivity index (χ0) is 10.7. The zero-order valence-electron chi connectivity index (χ0n) is 8.38. The Morgan fingerprint density at radius 1 is 1.60 bits per heavy atom. The number of hydrogen-bond acceptors (Lipinski definition) is 3. The Balaban J connectivity index is 2.22. The maximum Gasteiger partial charge on any atom is 0.135 e. The van der Waals surface area contributed by atoms with Crippen molar-refractivity contribution >= 4 is 22.9 Å². The van der Waals surface area contributed by atoms with Crippen molar-refractivity contribution in [2.75, 3.05) is 13.6 Å². The van der Waals surface area contributed by atoms with Gasteiger partial charge < -0.3 is 10.3 Å². The average molecular weight is 242 g/mol. The number of halogens is 1. The van der Waals surface area contributed by atoms with E-state index in [4.69, 9.17) is 11.6 Å². The number of aromatic amines is 1. The SMILES string of the molecule is CNCCc1nc(-c2cccs2)c(Cl)[nH]1. The molecule has 15 heavy (non-hydrogen) atoms. The normalized spacial score (nSPS) is 10.8. The molecule has 0 aliphatic heterocycles. The predicted molar refractivity (Wildman–Crippen MR) is 64.5 cm³/mol. The molecular formula is C10H12ClN3S. The van der Waals surface area contributed by atoms with Crippen LogP contribution in [-0.2, 0) is 6.42 Å². The number of nitrogens with zero attached hydrogens (tertiary/aromatic N) is 1. The van der Waals surface area contributed by atoms with Gasteiger partial charge in [0.25, 0.3) is 0 Å². The number of H-pyrrole nitrogens is 1. The van der Waals surface area contributed by atoms with Crippen LogP contribution in [0.4, 0.5) is 0 Å². The number of imidazole rings is 1. The Bertz CT molecular complexity index is 422. The first-order chi connectivity index (χ1) is 7.31. The molecule has 2 heterocycles. The first-order valence-electron chi connectivity index (χ1n) is 4.74. The van der Waals surface area contributed by atoms with E-state index in [1.165, 1.54) is 0 Å². The van der Waals surface area contributed by atoms with Crippen molar-refractivity contribution in [3.05, 3.63) is 28.5 Å². The number of hydrogen-bond donors (Lipinski definition) is 2. The topological polar surface area (TPSA) is 40.7 Å². The molecule has 0 amide bonds. The molecule has 3 nitrogen and oxygen atoms in total. The first kappa shape index (κ1) is 10.7. The van der Waals surface area contributed by atoms with E-state index in [-0.39, 0.29) is 0 Å². The Morgan fingerprint density at radius 2 is 2.47 bits per heavy atom.